The van der Waals surface area contributed by atoms with E-state index in [1.807, 2.05) is 12.1 Å². The third kappa shape index (κ3) is 5.28. The molecular weight excluding hydrogens is 354 g/mol. The van der Waals surface area contributed by atoms with Crippen molar-refractivity contribution >= 4 is 29.1 Å². The molecule has 0 spiro atoms. The van der Waals surface area contributed by atoms with Gasteiger partial charge in [-0.1, -0.05) is 36.4 Å². The molecule has 140 valence electrons. The molecule has 6 heteroatoms. The molecule has 0 fully saturated rings. The van der Waals surface area contributed by atoms with E-state index >= 15 is 0 Å². The molecule has 0 atom stereocenters. The highest BCUT2D eigenvalue weighted by Crippen LogP contribution is 2.14. The molecule has 0 radical (unpaired) electrons. The Labute approximate surface area is 162 Å². The molecule has 28 heavy (non-hydrogen) atoms. The van der Waals surface area contributed by atoms with Gasteiger partial charge in [0.05, 0.1) is 6.54 Å². The lowest BCUT2D eigenvalue weighted by atomic mass is 10.2. The maximum absolute atomic E-state index is 12.1. The Balaban J connectivity index is 1.49. The molecular formula is C22H19N3O3. The first-order chi connectivity index (χ1) is 13.6. The van der Waals surface area contributed by atoms with Crippen LogP contribution >= 0.6 is 0 Å². The molecule has 0 bridgehead atoms. The molecule has 0 heterocycles. The van der Waals surface area contributed by atoms with Crippen LogP contribution in [0.1, 0.15) is 20.7 Å². The van der Waals surface area contributed by atoms with Crippen LogP contribution in [0.15, 0.2) is 84.9 Å². The van der Waals surface area contributed by atoms with Crippen LogP contribution < -0.4 is 16.0 Å². The van der Waals surface area contributed by atoms with Gasteiger partial charge in [0.25, 0.3) is 11.8 Å². The largest absolute Gasteiger partial charge is 0.343 e. The first kappa shape index (κ1) is 18.8. The predicted molar refractivity (Wildman–Crippen MR) is 108 cm³/mol. The fourth-order valence-corrected chi connectivity index (χ4v) is 2.49. The first-order valence-corrected chi connectivity index (χ1v) is 8.71. The zero-order valence-corrected chi connectivity index (χ0v) is 15.0. The number of carbonyl (C=O) groups excluding carboxylic acids is 3. The zero-order valence-electron chi connectivity index (χ0n) is 15.0. The van der Waals surface area contributed by atoms with Gasteiger partial charge in [-0.3, -0.25) is 14.4 Å². The van der Waals surface area contributed by atoms with E-state index in [4.69, 9.17) is 0 Å². The number of benzene rings is 3. The van der Waals surface area contributed by atoms with Crippen LogP contribution in [0.25, 0.3) is 0 Å². The predicted octanol–water partition coefficient (Wildman–Crippen LogP) is 3.31. The summed E-state index contributed by atoms with van der Waals surface area (Å²) >= 11 is 0. The minimum atomic E-state index is -0.342. The van der Waals surface area contributed by atoms with Crippen molar-refractivity contribution in [2.24, 2.45) is 0 Å². The van der Waals surface area contributed by atoms with Crippen LogP contribution in [0, 0.1) is 0 Å². The second kappa shape index (κ2) is 9.14. The quantitative estimate of drug-likeness (QED) is 0.619. The summed E-state index contributed by atoms with van der Waals surface area (Å²) in [6.07, 6.45) is 0. The molecule has 0 saturated carbocycles. The summed E-state index contributed by atoms with van der Waals surface area (Å²) in [7, 11) is 0. The SMILES string of the molecule is O=C(CNC(=O)c1ccccc1)Nc1ccc(NC(=O)c2ccccc2)cc1. The van der Waals surface area contributed by atoms with E-state index in [9.17, 15) is 14.4 Å². The third-order valence-corrected chi connectivity index (χ3v) is 3.91. The van der Waals surface area contributed by atoms with E-state index in [0.29, 0.717) is 22.5 Å². The van der Waals surface area contributed by atoms with E-state index < -0.39 is 0 Å². The maximum Gasteiger partial charge on any atom is 0.255 e. The van der Waals surface area contributed by atoms with Gasteiger partial charge in [0.15, 0.2) is 0 Å². The van der Waals surface area contributed by atoms with Crippen LogP contribution in [-0.4, -0.2) is 24.3 Å². The Morgan fingerprint density at radius 1 is 0.571 bits per heavy atom. The van der Waals surface area contributed by atoms with E-state index in [1.54, 1.807) is 72.8 Å². The molecule has 0 aromatic heterocycles. The number of hydrogen-bond donors (Lipinski definition) is 3. The summed E-state index contributed by atoms with van der Waals surface area (Å²) in [6.45, 7) is -0.139. The van der Waals surface area contributed by atoms with Crippen molar-refractivity contribution in [3.63, 3.8) is 0 Å². The molecule has 3 amide bonds. The van der Waals surface area contributed by atoms with Crippen molar-refractivity contribution in [1.29, 1.82) is 0 Å². The third-order valence-electron chi connectivity index (χ3n) is 3.91. The normalized spacial score (nSPS) is 10.0. The highest BCUT2D eigenvalue weighted by atomic mass is 16.2. The van der Waals surface area contributed by atoms with Gasteiger partial charge in [-0.2, -0.15) is 0 Å². The number of hydrogen-bond acceptors (Lipinski definition) is 3. The van der Waals surface area contributed by atoms with Crippen molar-refractivity contribution in [3.05, 3.63) is 96.1 Å². The smallest absolute Gasteiger partial charge is 0.255 e. The molecule has 3 N–H and O–H groups in total. The Morgan fingerprint density at radius 3 is 1.57 bits per heavy atom. The molecule has 3 rings (SSSR count). The van der Waals surface area contributed by atoms with Crippen molar-refractivity contribution in [1.82, 2.24) is 5.32 Å². The number of amides is 3. The summed E-state index contributed by atoms with van der Waals surface area (Å²) in [5.41, 5.74) is 2.24. The molecule has 0 aliphatic carbocycles. The lowest BCUT2D eigenvalue weighted by molar-refractivity contribution is -0.115. The van der Waals surface area contributed by atoms with E-state index in [-0.39, 0.29) is 24.3 Å². The first-order valence-electron chi connectivity index (χ1n) is 8.71. The van der Waals surface area contributed by atoms with Gasteiger partial charge < -0.3 is 16.0 Å². The van der Waals surface area contributed by atoms with Crippen molar-refractivity contribution in [2.75, 3.05) is 17.2 Å². The Bertz CT molecular complexity index is 955. The minimum Gasteiger partial charge on any atom is -0.343 e. The maximum atomic E-state index is 12.1. The highest BCUT2D eigenvalue weighted by Gasteiger charge is 2.08. The van der Waals surface area contributed by atoms with Crippen LogP contribution in [0.3, 0.4) is 0 Å². The monoisotopic (exact) mass is 373 g/mol. The second-order valence-electron chi connectivity index (χ2n) is 5.99. The summed E-state index contributed by atoms with van der Waals surface area (Å²) in [5.74, 6) is -0.860. The Hall–Kier alpha value is -3.93. The topological polar surface area (TPSA) is 87.3 Å². The Kier molecular flexibility index (Phi) is 6.15. The van der Waals surface area contributed by atoms with Gasteiger partial charge in [0, 0.05) is 22.5 Å². The van der Waals surface area contributed by atoms with Crippen LogP contribution in [0.5, 0.6) is 0 Å². The van der Waals surface area contributed by atoms with Gasteiger partial charge in [-0.25, -0.2) is 0 Å². The fourth-order valence-electron chi connectivity index (χ4n) is 2.49. The Morgan fingerprint density at radius 2 is 1.04 bits per heavy atom. The number of nitrogens with one attached hydrogen (secondary N) is 3. The van der Waals surface area contributed by atoms with Gasteiger partial charge in [-0.05, 0) is 48.5 Å². The van der Waals surface area contributed by atoms with Gasteiger partial charge in [-0.15, -0.1) is 0 Å². The van der Waals surface area contributed by atoms with E-state index in [2.05, 4.69) is 16.0 Å². The zero-order chi connectivity index (χ0) is 19.8. The van der Waals surface area contributed by atoms with Gasteiger partial charge in [0.1, 0.15) is 0 Å². The standard InChI is InChI=1S/C22H19N3O3/c26-20(15-23-21(27)16-7-3-1-4-8-16)24-18-11-13-19(14-12-18)25-22(28)17-9-5-2-6-10-17/h1-14H,15H2,(H,23,27)(H,24,26)(H,25,28). The van der Waals surface area contributed by atoms with Crippen LogP contribution in [-0.2, 0) is 4.79 Å². The van der Waals surface area contributed by atoms with Crippen LogP contribution in [0.2, 0.25) is 0 Å². The van der Waals surface area contributed by atoms with Crippen molar-refractivity contribution < 1.29 is 14.4 Å². The molecule has 3 aromatic rings. The number of carbonyl (C=O) groups is 3. The lowest BCUT2D eigenvalue weighted by Crippen LogP contribution is -2.32. The molecule has 0 aliphatic heterocycles. The number of anilines is 2. The van der Waals surface area contributed by atoms with Crippen molar-refractivity contribution in [2.45, 2.75) is 0 Å². The lowest BCUT2D eigenvalue weighted by Gasteiger charge is -2.09. The number of rotatable bonds is 6. The molecule has 0 saturated heterocycles. The average molecular weight is 373 g/mol. The molecule has 3 aromatic carbocycles. The van der Waals surface area contributed by atoms with E-state index in [1.165, 1.54) is 0 Å². The van der Waals surface area contributed by atoms with Gasteiger partial charge in [0.2, 0.25) is 5.91 Å². The summed E-state index contributed by atoms with van der Waals surface area (Å²) in [6, 6.07) is 24.3. The van der Waals surface area contributed by atoms with Crippen molar-refractivity contribution in [3.8, 4) is 0 Å². The summed E-state index contributed by atoms with van der Waals surface area (Å²) in [4.78, 5) is 36.1. The van der Waals surface area contributed by atoms with Crippen LogP contribution in [0.4, 0.5) is 11.4 Å². The second-order valence-corrected chi connectivity index (χ2v) is 5.99. The molecule has 0 aliphatic rings. The fraction of sp³-hybridized carbons (Fsp3) is 0.0455. The molecule has 6 nitrogen and oxygen atoms in total. The average Bonchev–Trinajstić information content (AvgIpc) is 2.74. The van der Waals surface area contributed by atoms with E-state index in [0.717, 1.165) is 0 Å². The molecule has 0 unspecified atom stereocenters. The highest BCUT2D eigenvalue weighted by molar-refractivity contribution is 6.04. The summed E-state index contributed by atoms with van der Waals surface area (Å²) in [5, 5.41) is 8.05. The summed E-state index contributed by atoms with van der Waals surface area (Å²) < 4.78 is 0. The minimum absolute atomic E-state index is 0.139. The van der Waals surface area contributed by atoms with Gasteiger partial charge >= 0.3 is 0 Å².